The number of likely N-dealkylation sites (N-methyl/N-ethyl adjacent to an activating group) is 1. The monoisotopic (exact) mass is 370 g/mol. The van der Waals surface area contributed by atoms with Gasteiger partial charge in [0.2, 0.25) is 0 Å². The van der Waals surface area contributed by atoms with Crippen LogP contribution in [0.3, 0.4) is 0 Å². The normalized spacial score (nSPS) is 21.2. The maximum atomic E-state index is 13.6. The molecule has 0 saturated carbocycles. The molecule has 0 aromatic heterocycles. The molecule has 2 aliphatic rings. The molecule has 2 heterocycles. The standard InChI is InChI=1S/C20H19FN2O4/c1-22-16-10-23(19(24)12-26-14-5-3-2-4-6-14)11-18(16)27-17-9-13(21)7-8-15(17)20(22)25/h2-9,16,18H,10-12H2,1H3. The molecule has 1 saturated heterocycles. The zero-order chi connectivity index (χ0) is 19.0. The number of halogens is 1. The molecule has 140 valence electrons. The summed E-state index contributed by atoms with van der Waals surface area (Å²) in [6.07, 6.45) is -0.414. The molecule has 2 aliphatic heterocycles. The van der Waals surface area contributed by atoms with Crippen LogP contribution in [0.2, 0.25) is 0 Å². The molecule has 0 bridgehead atoms. The Morgan fingerprint density at radius 2 is 2.00 bits per heavy atom. The van der Waals surface area contributed by atoms with E-state index in [-0.39, 0.29) is 30.2 Å². The minimum absolute atomic E-state index is 0.0909. The van der Waals surface area contributed by atoms with Crippen molar-refractivity contribution in [3.63, 3.8) is 0 Å². The van der Waals surface area contributed by atoms with Gasteiger partial charge in [0.25, 0.3) is 11.8 Å². The number of para-hydroxylation sites is 1. The Balaban J connectivity index is 1.47. The van der Waals surface area contributed by atoms with Crippen LogP contribution < -0.4 is 9.47 Å². The fourth-order valence-electron chi connectivity index (χ4n) is 3.48. The summed E-state index contributed by atoms with van der Waals surface area (Å²) >= 11 is 0. The number of likely N-dealkylation sites (tertiary alicyclic amines) is 1. The first-order chi connectivity index (χ1) is 13.0. The molecule has 2 unspecified atom stereocenters. The molecule has 0 aliphatic carbocycles. The second-order valence-corrected chi connectivity index (χ2v) is 6.68. The van der Waals surface area contributed by atoms with E-state index in [4.69, 9.17) is 9.47 Å². The molecule has 6 nitrogen and oxygen atoms in total. The minimum atomic E-state index is -0.468. The highest BCUT2D eigenvalue weighted by Crippen LogP contribution is 2.31. The number of amides is 2. The van der Waals surface area contributed by atoms with Crippen LogP contribution in [0.5, 0.6) is 11.5 Å². The maximum absolute atomic E-state index is 13.6. The SMILES string of the molecule is CN1C(=O)c2ccc(F)cc2OC2CN(C(=O)COc3ccccc3)CC21. The highest BCUT2D eigenvalue weighted by atomic mass is 19.1. The molecule has 7 heteroatoms. The van der Waals surface area contributed by atoms with E-state index >= 15 is 0 Å². The second kappa shape index (κ2) is 6.90. The fourth-order valence-corrected chi connectivity index (χ4v) is 3.48. The molecule has 27 heavy (non-hydrogen) atoms. The maximum Gasteiger partial charge on any atom is 0.260 e. The van der Waals surface area contributed by atoms with Gasteiger partial charge in [0.05, 0.1) is 18.2 Å². The number of carbonyl (C=O) groups is 2. The number of benzene rings is 2. The average Bonchev–Trinajstić information content (AvgIpc) is 3.06. The van der Waals surface area contributed by atoms with Crippen molar-refractivity contribution in [2.24, 2.45) is 0 Å². The molecule has 2 aromatic carbocycles. The van der Waals surface area contributed by atoms with E-state index in [2.05, 4.69) is 0 Å². The first kappa shape index (κ1) is 17.3. The van der Waals surface area contributed by atoms with Crippen molar-refractivity contribution in [2.75, 3.05) is 26.7 Å². The number of nitrogens with zero attached hydrogens (tertiary/aromatic N) is 2. The van der Waals surface area contributed by atoms with Crippen LogP contribution in [0.4, 0.5) is 4.39 Å². The topological polar surface area (TPSA) is 59.1 Å². The van der Waals surface area contributed by atoms with Gasteiger partial charge in [0.1, 0.15) is 23.4 Å². The van der Waals surface area contributed by atoms with Gasteiger partial charge in [-0.3, -0.25) is 9.59 Å². The van der Waals surface area contributed by atoms with Gasteiger partial charge in [0, 0.05) is 19.7 Å². The Kier molecular flexibility index (Phi) is 4.43. The third-order valence-corrected chi connectivity index (χ3v) is 4.97. The summed E-state index contributed by atoms with van der Waals surface area (Å²) in [7, 11) is 1.68. The van der Waals surface area contributed by atoms with Crippen LogP contribution in [0.15, 0.2) is 48.5 Å². The van der Waals surface area contributed by atoms with E-state index in [1.807, 2.05) is 18.2 Å². The van der Waals surface area contributed by atoms with E-state index in [1.54, 1.807) is 29.0 Å². The number of fused-ring (bicyclic) bond motifs is 2. The molecule has 4 rings (SSSR count). The van der Waals surface area contributed by atoms with Gasteiger partial charge < -0.3 is 19.3 Å². The Morgan fingerprint density at radius 3 is 2.78 bits per heavy atom. The molecule has 2 amide bonds. The van der Waals surface area contributed by atoms with Gasteiger partial charge in [-0.05, 0) is 24.3 Å². The Hall–Kier alpha value is -3.09. The van der Waals surface area contributed by atoms with Crippen LogP contribution in [0.1, 0.15) is 10.4 Å². The first-order valence-corrected chi connectivity index (χ1v) is 8.72. The van der Waals surface area contributed by atoms with Crippen molar-refractivity contribution >= 4 is 11.8 Å². The molecule has 1 fully saturated rings. The highest BCUT2D eigenvalue weighted by Gasteiger charge is 2.43. The first-order valence-electron chi connectivity index (χ1n) is 8.72. The van der Waals surface area contributed by atoms with Crippen LogP contribution >= 0.6 is 0 Å². The van der Waals surface area contributed by atoms with E-state index in [1.165, 1.54) is 18.2 Å². The molecule has 0 N–H and O–H groups in total. The van der Waals surface area contributed by atoms with Crippen molar-refractivity contribution in [3.05, 3.63) is 59.9 Å². The number of hydrogen-bond acceptors (Lipinski definition) is 4. The van der Waals surface area contributed by atoms with Crippen molar-refractivity contribution in [2.45, 2.75) is 12.1 Å². The van der Waals surface area contributed by atoms with Crippen LogP contribution in [0.25, 0.3) is 0 Å². The van der Waals surface area contributed by atoms with Gasteiger partial charge >= 0.3 is 0 Å². The van der Waals surface area contributed by atoms with Crippen LogP contribution in [0, 0.1) is 5.82 Å². The summed E-state index contributed by atoms with van der Waals surface area (Å²) in [6.45, 7) is 0.571. The lowest BCUT2D eigenvalue weighted by molar-refractivity contribution is -0.132. The Labute approximate surface area is 156 Å². The zero-order valence-corrected chi connectivity index (χ0v) is 14.8. The molecule has 2 aromatic rings. The summed E-state index contributed by atoms with van der Waals surface area (Å²) in [5.41, 5.74) is 0.332. The Bertz CT molecular complexity index is 874. The van der Waals surface area contributed by atoms with E-state index in [9.17, 15) is 14.0 Å². The van der Waals surface area contributed by atoms with Crippen molar-refractivity contribution in [3.8, 4) is 11.5 Å². The lowest BCUT2D eigenvalue weighted by atomic mass is 10.1. The largest absolute Gasteiger partial charge is 0.485 e. The third kappa shape index (κ3) is 3.32. The number of rotatable bonds is 3. The van der Waals surface area contributed by atoms with E-state index in [0.717, 1.165) is 0 Å². The molecule has 0 spiro atoms. The second-order valence-electron chi connectivity index (χ2n) is 6.68. The highest BCUT2D eigenvalue weighted by molar-refractivity contribution is 5.97. The predicted molar refractivity (Wildman–Crippen MR) is 95.2 cm³/mol. The van der Waals surface area contributed by atoms with Gasteiger partial charge in [-0.2, -0.15) is 0 Å². The lowest BCUT2D eigenvalue weighted by Crippen LogP contribution is -2.44. The summed E-state index contributed by atoms with van der Waals surface area (Å²) < 4.78 is 25.0. The molecular formula is C20H19FN2O4. The third-order valence-electron chi connectivity index (χ3n) is 4.97. The van der Waals surface area contributed by atoms with Crippen molar-refractivity contribution in [1.29, 1.82) is 0 Å². The average molecular weight is 370 g/mol. The zero-order valence-electron chi connectivity index (χ0n) is 14.8. The predicted octanol–water partition coefficient (Wildman–Crippen LogP) is 1.95. The number of hydrogen-bond donors (Lipinski definition) is 0. The van der Waals surface area contributed by atoms with Crippen LogP contribution in [-0.4, -0.2) is 60.5 Å². The number of ether oxygens (including phenoxy) is 2. The Morgan fingerprint density at radius 1 is 1.22 bits per heavy atom. The van der Waals surface area contributed by atoms with Gasteiger partial charge in [0.15, 0.2) is 6.61 Å². The quantitative estimate of drug-likeness (QED) is 0.829. The van der Waals surface area contributed by atoms with Gasteiger partial charge in [-0.25, -0.2) is 4.39 Å². The molecular weight excluding hydrogens is 351 g/mol. The molecule has 0 radical (unpaired) electrons. The van der Waals surface area contributed by atoms with Gasteiger partial charge in [-0.1, -0.05) is 18.2 Å². The summed E-state index contributed by atoms with van der Waals surface area (Å²) in [6, 6.07) is 12.7. The summed E-state index contributed by atoms with van der Waals surface area (Å²) in [5.74, 6) is -0.0607. The lowest BCUT2D eigenvalue weighted by Gasteiger charge is -2.25. The van der Waals surface area contributed by atoms with E-state index < -0.39 is 11.9 Å². The fraction of sp³-hybridized carbons (Fsp3) is 0.300. The summed E-state index contributed by atoms with van der Waals surface area (Å²) in [4.78, 5) is 28.4. The van der Waals surface area contributed by atoms with Crippen LogP contribution in [-0.2, 0) is 4.79 Å². The minimum Gasteiger partial charge on any atom is -0.485 e. The van der Waals surface area contributed by atoms with Crippen molar-refractivity contribution in [1.82, 2.24) is 9.80 Å². The molecule has 2 atom stereocenters. The van der Waals surface area contributed by atoms with E-state index in [0.29, 0.717) is 24.4 Å². The van der Waals surface area contributed by atoms with Crippen molar-refractivity contribution < 1.29 is 23.5 Å². The van der Waals surface area contributed by atoms with Gasteiger partial charge in [-0.15, -0.1) is 0 Å². The summed E-state index contributed by atoms with van der Waals surface area (Å²) in [5, 5.41) is 0. The number of carbonyl (C=O) groups excluding carboxylic acids is 2. The smallest absolute Gasteiger partial charge is 0.260 e.